The average molecular weight is 341 g/mol. The van der Waals surface area contributed by atoms with Gasteiger partial charge in [-0.3, -0.25) is 9.36 Å². The second-order valence-electron chi connectivity index (χ2n) is 5.64. The normalized spacial score (nSPS) is 12.6. The Bertz CT molecular complexity index is 767. The predicted molar refractivity (Wildman–Crippen MR) is 98.1 cm³/mol. The molecule has 3 N–H and O–H groups in total. The first kappa shape index (κ1) is 18.3. The van der Waals surface area contributed by atoms with Crippen LogP contribution < -0.4 is 16.0 Å². The quantitative estimate of drug-likeness (QED) is 0.576. The summed E-state index contributed by atoms with van der Waals surface area (Å²) in [7, 11) is 0. The van der Waals surface area contributed by atoms with Crippen LogP contribution in [-0.2, 0) is 4.79 Å². The van der Waals surface area contributed by atoms with E-state index in [1.165, 1.54) is 0 Å². The molecule has 0 spiro atoms. The Kier molecular flexibility index (Phi) is 6.84. The second-order valence-corrected chi connectivity index (χ2v) is 5.64. The van der Waals surface area contributed by atoms with Gasteiger partial charge in [-0.15, -0.1) is 0 Å². The topological polar surface area (TPSA) is 88.0 Å². The van der Waals surface area contributed by atoms with Crippen molar-refractivity contribution in [2.24, 2.45) is 0 Å². The second kappa shape index (κ2) is 9.33. The van der Waals surface area contributed by atoms with Crippen LogP contribution in [0.4, 0.5) is 10.5 Å². The largest absolute Gasteiger partial charge is 0.336 e. The lowest BCUT2D eigenvalue weighted by molar-refractivity contribution is -0.116. The molecule has 1 saturated heterocycles. The molecule has 1 aromatic heterocycles. The monoisotopic (exact) mass is 341 g/mol. The van der Waals surface area contributed by atoms with Gasteiger partial charge in [-0.25, -0.2) is 9.78 Å². The van der Waals surface area contributed by atoms with Gasteiger partial charge in [0.1, 0.15) is 6.33 Å². The number of unbranched alkanes of at least 4 members (excludes halogenated alkanes) is 2. The molecular formula is C18H23N5O2. The van der Waals surface area contributed by atoms with Crippen LogP contribution >= 0.6 is 0 Å². The molecule has 3 rings (SSSR count). The highest BCUT2D eigenvalue weighted by Crippen LogP contribution is 2.18. The highest BCUT2D eigenvalue weighted by Gasteiger charge is 2.05. The lowest BCUT2D eigenvalue weighted by Crippen LogP contribution is -2.20. The molecule has 7 heteroatoms. The van der Waals surface area contributed by atoms with Crippen molar-refractivity contribution in [3.63, 3.8) is 0 Å². The molecule has 1 fully saturated rings. The number of urea groups is 1. The number of imidazole rings is 1. The third kappa shape index (κ3) is 5.53. The van der Waals surface area contributed by atoms with Crippen molar-refractivity contribution in [3.8, 4) is 12.5 Å². The number of nitrogens with one attached hydrogen (secondary N) is 3. The summed E-state index contributed by atoms with van der Waals surface area (Å²) in [5.74, 6) is 0.0413. The van der Waals surface area contributed by atoms with E-state index in [-0.39, 0.29) is 11.9 Å². The molecule has 1 aliphatic rings. The van der Waals surface area contributed by atoms with E-state index >= 15 is 0 Å². The van der Waals surface area contributed by atoms with Gasteiger partial charge in [-0.2, -0.15) is 0 Å². The minimum absolute atomic E-state index is 0.0413. The van der Waals surface area contributed by atoms with Crippen LogP contribution in [0.3, 0.4) is 0 Å². The summed E-state index contributed by atoms with van der Waals surface area (Å²) < 4.78 is 1.60. The van der Waals surface area contributed by atoms with Gasteiger partial charge >= 0.3 is 6.03 Å². The number of hydrogen-bond donors (Lipinski definition) is 3. The van der Waals surface area contributed by atoms with E-state index in [2.05, 4.69) is 33.9 Å². The van der Waals surface area contributed by atoms with Gasteiger partial charge < -0.3 is 16.0 Å². The SMILES string of the molecule is C#Cn1cnc2ccc(NC(=O)CCCCC)cc21.O=C1NCCN1. The molecule has 0 saturated carbocycles. The first-order valence-corrected chi connectivity index (χ1v) is 8.39. The molecule has 0 unspecified atom stereocenters. The summed E-state index contributed by atoms with van der Waals surface area (Å²) in [6, 6.07) is 8.01. The van der Waals surface area contributed by atoms with Gasteiger partial charge in [-0.05, 0) is 24.6 Å². The van der Waals surface area contributed by atoms with E-state index in [0.717, 1.165) is 49.1 Å². The Morgan fingerprint density at radius 1 is 1.36 bits per heavy atom. The Labute approximate surface area is 147 Å². The minimum Gasteiger partial charge on any atom is -0.336 e. The third-order valence-electron chi connectivity index (χ3n) is 3.67. The summed E-state index contributed by atoms with van der Waals surface area (Å²) >= 11 is 0. The van der Waals surface area contributed by atoms with Crippen molar-refractivity contribution < 1.29 is 9.59 Å². The molecule has 0 bridgehead atoms. The van der Waals surface area contributed by atoms with E-state index in [1.54, 1.807) is 10.9 Å². The van der Waals surface area contributed by atoms with Crippen LogP contribution in [0.2, 0.25) is 0 Å². The number of amides is 3. The van der Waals surface area contributed by atoms with Gasteiger partial charge in [-0.1, -0.05) is 26.2 Å². The first-order valence-electron chi connectivity index (χ1n) is 8.39. The maximum absolute atomic E-state index is 11.7. The molecule has 0 atom stereocenters. The van der Waals surface area contributed by atoms with Crippen LogP contribution in [0, 0.1) is 12.5 Å². The zero-order chi connectivity index (χ0) is 18.1. The van der Waals surface area contributed by atoms with Crippen molar-refractivity contribution >= 4 is 28.7 Å². The number of terminal acetylenes is 1. The zero-order valence-electron chi connectivity index (χ0n) is 14.3. The maximum atomic E-state index is 11.7. The Hall–Kier alpha value is -3.01. The van der Waals surface area contributed by atoms with Crippen LogP contribution in [0.15, 0.2) is 24.5 Å². The highest BCUT2D eigenvalue weighted by atomic mass is 16.2. The van der Waals surface area contributed by atoms with Crippen molar-refractivity contribution in [1.82, 2.24) is 20.2 Å². The predicted octanol–water partition coefficient (Wildman–Crippen LogP) is 2.29. The molecule has 3 amide bonds. The number of carbonyl (C=O) groups excluding carboxylic acids is 2. The Morgan fingerprint density at radius 3 is 2.72 bits per heavy atom. The van der Waals surface area contributed by atoms with E-state index in [1.807, 2.05) is 18.2 Å². The van der Waals surface area contributed by atoms with E-state index in [0.29, 0.717) is 6.42 Å². The molecule has 2 aromatic rings. The third-order valence-corrected chi connectivity index (χ3v) is 3.67. The minimum atomic E-state index is -0.0463. The van der Waals surface area contributed by atoms with Gasteiger partial charge in [0.25, 0.3) is 0 Å². The lowest BCUT2D eigenvalue weighted by atomic mass is 10.2. The average Bonchev–Trinajstić information content (AvgIpc) is 3.24. The molecule has 0 radical (unpaired) electrons. The van der Waals surface area contributed by atoms with Crippen LogP contribution in [0.1, 0.15) is 32.6 Å². The molecule has 1 aliphatic heterocycles. The van der Waals surface area contributed by atoms with E-state index in [9.17, 15) is 9.59 Å². The summed E-state index contributed by atoms with van der Waals surface area (Å²) in [4.78, 5) is 25.9. The standard InChI is InChI=1S/C15H17N3O.C3H6N2O/c1-3-5-6-7-15(19)17-12-8-9-13-14(10-12)18(4-2)11-16-13;6-3-4-1-2-5-3/h2,8-11H,3,5-7H2,1H3,(H,17,19);1-2H2,(H2,4,5,6). The Balaban J connectivity index is 0.000000316. The number of rotatable bonds is 5. The fraction of sp³-hybridized carbons (Fsp3) is 0.389. The maximum Gasteiger partial charge on any atom is 0.314 e. The fourth-order valence-corrected chi connectivity index (χ4v) is 2.36. The van der Waals surface area contributed by atoms with Crippen molar-refractivity contribution in [2.75, 3.05) is 18.4 Å². The van der Waals surface area contributed by atoms with Gasteiger partial charge in [0.15, 0.2) is 0 Å². The van der Waals surface area contributed by atoms with Gasteiger partial charge in [0, 0.05) is 31.2 Å². The zero-order valence-corrected chi connectivity index (χ0v) is 14.3. The summed E-state index contributed by atoms with van der Waals surface area (Å²) in [6.07, 6.45) is 10.6. The fourth-order valence-electron chi connectivity index (χ4n) is 2.36. The Morgan fingerprint density at radius 2 is 2.12 bits per heavy atom. The van der Waals surface area contributed by atoms with Crippen molar-refractivity contribution in [3.05, 3.63) is 24.5 Å². The molecule has 0 aliphatic carbocycles. The molecule has 132 valence electrons. The van der Waals surface area contributed by atoms with Crippen LogP contribution in [0.25, 0.3) is 11.0 Å². The van der Waals surface area contributed by atoms with Crippen LogP contribution in [-0.4, -0.2) is 34.6 Å². The van der Waals surface area contributed by atoms with Crippen LogP contribution in [0.5, 0.6) is 0 Å². The highest BCUT2D eigenvalue weighted by molar-refractivity contribution is 5.93. The van der Waals surface area contributed by atoms with Crippen molar-refractivity contribution in [2.45, 2.75) is 32.6 Å². The molecule has 1 aromatic carbocycles. The van der Waals surface area contributed by atoms with E-state index < -0.39 is 0 Å². The molecule has 25 heavy (non-hydrogen) atoms. The number of hydrogen-bond acceptors (Lipinski definition) is 3. The lowest BCUT2D eigenvalue weighted by Gasteiger charge is -2.05. The van der Waals surface area contributed by atoms with Gasteiger partial charge in [0.05, 0.1) is 11.0 Å². The van der Waals surface area contributed by atoms with Gasteiger partial charge in [0.2, 0.25) is 5.91 Å². The number of fused-ring (bicyclic) bond motifs is 1. The number of carbonyl (C=O) groups is 2. The summed E-state index contributed by atoms with van der Waals surface area (Å²) in [5, 5.41) is 8.02. The summed E-state index contributed by atoms with van der Waals surface area (Å²) in [6.45, 7) is 3.67. The number of benzene rings is 1. The summed E-state index contributed by atoms with van der Waals surface area (Å²) in [5.41, 5.74) is 2.40. The van der Waals surface area contributed by atoms with E-state index in [4.69, 9.17) is 6.42 Å². The molecule has 2 heterocycles. The number of anilines is 1. The molecular weight excluding hydrogens is 318 g/mol. The van der Waals surface area contributed by atoms with Crippen molar-refractivity contribution in [1.29, 1.82) is 0 Å². The number of aromatic nitrogens is 2. The first-order chi connectivity index (χ1) is 12.1. The molecule has 7 nitrogen and oxygen atoms in total. The number of nitrogens with zero attached hydrogens (tertiary/aromatic N) is 2. The smallest absolute Gasteiger partial charge is 0.314 e.